The minimum atomic E-state index is -0.287. The Hall–Kier alpha value is -2.52. The largest absolute Gasteiger partial charge is 0.376 e. The Labute approximate surface area is 172 Å². The number of rotatable bonds is 7. The van der Waals surface area contributed by atoms with Gasteiger partial charge < -0.3 is 9.30 Å². The normalized spacial score (nSPS) is 16.4. The number of ether oxygens (including phenoxy) is 1. The second-order valence-electron chi connectivity index (χ2n) is 7.09. The Morgan fingerprint density at radius 2 is 2.10 bits per heavy atom. The summed E-state index contributed by atoms with van der Waals surface area (Å²) in [4.78, 5) is 12.9. The molecule has 0 unspecified atom stereocenters. The van der Waals surface area contributed by atoms with E-state index in [1.165, 1.54) is 23.9 Å². The van der Waals surface area contributed by atoms with Crippen molar-refractivity contribution in [1.29, 1.82) is 0 Å². The molecule has 0 amide bonds. The van der Waals surface area contributed by atoms with E-state index in [1.54, 1.807) is 16.8 Å². The predicted octanol–water partition coefficient (Wildman–Crippen LogP) is 3.37. The van der Waals surface area contributed by atoms with E-state index in [0.717, 1.165) is 36.5 Å². The molecule has 0 N–H and O–H groups in total. The van der Waals surface area contributed by atoms with Crippen molar-refractivity contribution in [2.24, 2.45) is 0 Å². The summed E-state index contributed by atoms with van der Waals surface area (Å²) in [5.74, 6) is -0.0488. The first-order valence-corrected chi connectivity index (χ1v) is 10.5. The van der Waals surface area contributed by atoms with Gasteiger partial charge in [0.25, 0.3) is 0 Å². The molecule has 3 aromatic rings. The Bertz CT molecular complexity index is 1010. The van der Waals surface area contributed by atoms with Crippen LogP contribution in [0, 0.1) is 19.7 Å². The number of tetrazole rings is 1. The molecule has 4 rings (SSSR count). The molecule has 0 aliphatic carbocycles. The SMILES string of the molecule is Cc1cc(C(=O)CSc2nnnn2C[C@H]2CCCO2)c(C)n1-c1ccc(F)cc1. The summed E-state index contributed by atoms with van der Waals surface area (Å²) in [6.07, 6.45) is 2.18. The van der Waals surface area contributed by atoms with Crippen LogP contribution in [0.4, 0.5) is 4.39 Å². The highest BCUT2D eigenvalue weighted by Crippen LogP contribution is 2.24. The van der Waals surface area contributed by atoms with E-state index >= 15 is 0 Å². The zero-order valence-corrected chi connectivity index (χ0v) is 17.2. The molecule has 1 aliphatic rings. The Kier molecular flexibility index (Phi) is 5.77. The van der Waals surface area contributed by atoms with Gasteiger partial charge in [0.15, 0.2) is 5.78 Å². The lowest BCUT2D eigenvalue weighted by Gasteiger charge is -2.10. The third-order valence-corrected chi connectivity index (χ3v) is 6.01. The highest BCUT2D eigenvalue weighted by molar-refractivity contribution is 7.99. The first-order chi connectivity index (χ1) is 14.0. The van der Waals surface area contributed by atoms with Crippen LogP contribution in [0.2, 0.25) is 0 Å². The maximum atomic E-state index is 13.2. The Balaban J connectivity index is 1.46. The lowest BCUT2D eigenvalue weighted by Crippen LogP contribution is -2.17. The minimum absolute atomic E-state index is 0.00290. The molecule has 1 saturated heterocycles. The maximum absolute atomic E-state index is 13.2. The van der Waals surface area contributed by atoms with Crippen molar-refractivity contribution in [3.05, 3.63) is 53.1 Å². The van der Waals surface area contributed by atoms with E-state index in [1.807, 2.05) is 24.5 Å². The molecule has 0 bridgehead atoms. The van der Waals surface area contributed by atoms with Crippen molar-refractivity contribution in [3.63, 3.8) is 0 Å². The van der Waals surface area contributed by atoms with Crippen LogP contribution in [-0.2, 0) is 11.3 Å². The molecule has 0 radical (unpaired) electrons. The van der Waals surface area contributed by atoms with E-state index in [9.17, 15) is 9.18 Å². The number of aromatic nitrogens is 5. The first-order valence-electron chi connectivity index (χ1n) is 9.51. The number of halogens is 1. The molecule has 1 atom stereocenters. The summed E-state index contributed by atoms with van der Waals surface area (Å²) >= 11 is 1.32. The van der Waals surface area contributed by atoms with Gasteiger partial charge in [-0.15, -0.1) is 5.10 Å². The number of carbonyl (C=O) groups is 1. The summed E-state index contributed by atoms with van der Waals surface area (Å²) in [5.41, 5.74) is 3.23. The summed E-state index contributed by atoms with van der Waals surface area (Å²) < 4.78 is 22.5. The van der Waals surface area contributed by atoms with E-state index in [-0.39, 0.29) is 23.5 Å². The quantitative estimate of drug-likeness (QED) is 0.435. The smallest absolute Gasteiger partial charge is 0.209 e. The molecular weight excluding hydrogens is 393 g/mol. The third kappa shape index (κ3) is 4.25. The Morgan fingerprint density at radius 1 is 1.31 bits per heavy atom. The minimum Gasteiger partial charge on any atom is -0.376 e. The van der Waals surface area contributed by atoms with Gasteiger partial charge in [0.05, 0.1) is 18.4 Å². The molecule has 1 aliphatic heterocycles. The zero-order chi connectivity index (χ0) is 20.4. The molecule has 9 heteroatoms. The van der Waals surface area contributed by atoms with Crippen molar-refractivity contribution in [1.82, 2.24) is 24.8 Å². The van der Waals surface area contributed by atoms with Crippen LogP contribution in [0.1, 0.15) is 34.6 Å². The molecule has 7 nitrogen and oxygen atoms in total. The molecule has 1 fully saturated rings. The number of nitrogens with zero attached hydrogens (tertiary/aromatic N) is 5. The third-order valence-electron chi connectivity index (χ3n) is 5.05. The molecule has 0 saturated carbocycles. The second-order valence-corrected chi connectivity index (χ2v) is 8.03. The van der Waals surface area contributed by atoms with Gasteiger partial charge in [-0.25, -0.2) is 9.07 Å². The molecule has 152 valence electrons. The van der Waals surface area contributed by atoms with E-state index in [2.05, 4.69) is 15.5 Å². The van der Waals surface area contributed by atoms with Gasteiger partial charge in [0.1, 0.15) is 5.82 Å². The average Bonchev–Trinajstić information content (AvgIpc) is 3.43. The van der Waals surface area contributed by atoms with Gasteiger partial charge >= 0.3 is 0 Å². The van der Waals surface area contributed by atoms with Gasteiger partial charge in [-0.2, -0.15) is 0 Å². The highest BCUT2D eigenvalue weighted by Gasteiger charge is 2.21. The number of hydrogen-bond donors (Lipinski definition) is 0. The van der Waals surface area contributed by atoms with Gasteiger partial charge in [-0.3, -0.25) is 4.79 Å². The van der Waals surface area contributed by atoms with Crippen LogP contribution < -0.4 is 0 Å². The highest BCUT2D eigenvalue weighted by atomic mass is 32.2. The maximum Gasteiger partial charge on any atom is 0.209 e. The lowest BCUT2D eigenvalue weighted by atomic mass is 10.2. The summed E-state index contributed by atoms with van der Waals surface area (Å²) in [5, 5.41) is 12.4. The molecule has 2 aromatic heterocycles. The number of aryl methyl sites for hydroxylation is 1. The summed E-state index contributed by atoms with van der Waals surface area (Å²) in [6.45, 7) is 5.21. The average molecular weight is 415 g/mol. The van der Waals surface area contributed by atoms with Crippen LogP contribution in [0.25, 0.3) is 5.69 Å². The van der Waals surface area contributed by atoms with Gasteiger partial charge in [0.2, 0.25) is 5.16 Å². The van der Waals surface area contributed by atoms with Crippen molar-refractivity contribution >= 4 is 17.5 Å². The predicted molar refractivity (Wildman–Crippen MR) is 107 cm³/mol. The standard InChI is InChI=1S/C20H22FN5O2S/c1-13-10-18(14(2)26(13)16-7-5-15(21)6-8-16)19(27)12-29-20-22-23-24-25(20)11-17-4-3-9-28-17/h5-8,10,17H,3-4,9,11-12H2,1-2H3/t17-/m1/s1. The topological polar surface area (TPSA) is 74.8 Å². The molecule has 3 heterocycles. The molecule has 1 aromatic carbocycles. The fraction of sp³-hybridized carbons (Fsp3) is 0.400. The van der Waals surface area contributed by atoms with Crippen LogP contribution in [0.3, 0.4) is 0 Å². The van der Waals surface area contributed by atoms with Crippen molar-refractivity contribution in [2.75, 3.05) is 12.4 Å². The lowest BCUT2D eigenvalue weighted by molar-refractivity contribution is 0.0912. The summed E-state index contributed by atoms with van der Waals surface area (Å²) in [7, 11) is 0. The molecule has 29 heavy (non-hydrogen) atoms. The fourth-order valence-corrected chi connectivity index (χ4v) is 4.41. The number of thioether (sulfide) groups is 1. The van der Waals surface area contributed by atoms with Crippen LogP contribution in [0.5, 0.6) is 0 Å². The number of hydrogen-bond acceptors (Lipinski definition) is 6. The number of benzene rings is 1. The van der Waals surface area contributed by atoms with Gasteiger partial charge in [-0.1, -0.05) is 11.8 Å². The van der Waals surface area contributed by atoms with Crippen molar-refractivity contribution in [3.8, 4) is 5.69 Å². The zero-order valence-electron chi connectivity index (χ0n) is 16.3. The van der Waals surface area contributed by atoms with E-state index in [0.29, 0.717) is 17.3 Å². The van der Waals surface area contributed by atoms with Crippen molar-refractivity contribution in [2.45, 2.75) is 44.5 Å². The first kappa shape index (κ1) is 19.8. The van der Waals surface area contributed by atoms with Crippen LogP contribution in [0.15, 0.2) is 35.5 Å². The van der Waals surface area contributed by atoms with E-state index in [4.69, 9.17) is 4.74 Å². The monoisotopic (exact) mass is 415 g/mol. The van der Waals surface area contributed by atoms with Gasteiger partial charge in [-0.05, 0) is 67.4 Å². The fourth-order valence-electron chi connectivity index (χ4n) is 3.64. The van der Waals surface area contributed by atoms with Gasteiger partial charge in [0, 0.05) is 29.2 Å². The summed E-state index contributed by atoms with van der Waals surface area (Å²) in [6, 6.07) is 8.12. The number of ketones is 1. The molecule has 0 spiro atoms. The second kappa shape index (κ2) is 8.46. The van der Waals surface area contributed by atoms with Crippen LogP contribution in [-0.4, -0.2) is 49.0 Å². The van der Waals surface area contributed by atoms with Crippen molar-refractivity contribution < 1.29 is 13.9 Å². The molecular formula is C20H22FN5O2S. The van der Waals surface area contributed by atoms with E-state index < -0.39 is 0 Å². The number of Topliss-reactive ketones (excluding diaryl/α,β-unsaturated/α-hetero) is 1. The number of carbonyl (C=O) groups excluding carboxylic acids is 1. The van der Waals surface area contributed by atoms with Crippen LogP contribution >= 0.6 is 11.8 Å². The Morgan fingerprint density at radius 3 is 2.83 bits per heavy atom.